The number of nitrogens with zero attached hydrogens (tertiary/aromatic N) is 1. The summed E-state index contributed by atoms with van der Waals surface area (Å²) in [6.07, 6.45) is -3.46. The van der Waals surface area contributed by atoms with Gasteiger partial charge in [0.15, 0.2) is 0 Å². The zero-order valence-corrected chi connectivity index (χ0v) is 13.2. The highest BCUT2D eigenvalue weighted by Gasteiger charge is 2.26. The van der Waals surface area contributed by atoms with E-state index in [9.17, 15) is 13.2 Å². The van der Waals surface area contributed by atoms with Crippen LogP contribution in [0.4, 0.5) is 13.2 Å². The molecule has 1 rings (SSSR count). The molecule has 0 saturated carbocycles. The number of rotatable bonds is 10. The van der Waals surface area contributed by atoms with Gasteiger partial charge in [-0.3, -0.25) is 4.98 Å². The molecule has 8 heteroatoms. The lowest BCUT2D eigenvalue weighted by molar-refractivity contribution is -0.146. The van der Waals surface area contributed by atoms with Crippen LogP contribution in [0, 0.1) is 6.92 Å². The summed E-state index contributed by atoms with van der Waals surface area (Å²) in [6.45, 7) is 2.38. The minimum Gasteiger partial charge on any atom is -0.390 e. The Hall–Kier alpha value is -0.830. The Morgan fingerprint density at radius 3 is 2.50 bits per heavy atom. The highest BCUT2D eigenvalue weighted by molar-refractivity contribution is 7.99. The number of aliphatic hydroxyl groups excluding tert-OH is 1. The number of hydrogen-bond donors (Lipinski definition) is 1. The van der Waals surface area contributed by atoms with Gasteiger partial charge in [-0.05, 0) is 18.6 Å². The van der Waals surface area contributed by atoms with Gasteiger partial charge >= 0.3 is 6.18 Å². The SMILES string of the molecule is Cc1c(SCCOCCOCCC(F)(F)F)ccnc1CO. The van der Waals surface area contributed by atoms with E-state index in [1.54, 1.807) is 18.0 Å². The second-order valence-corrected chi connectivity index (χ2v) is 5.61. The fourth-order valence-corrected chi connectivity index (χ4v) is 2.51. The van der Waals surface area contributed by atoms with E-state index in [1.165, 1.54) is 0 Å². The monoisotopic (exact) mass is 339 g/mol. The zero-order chi connectivity index (χ0) is 16.4. The molecule has 1 N–H and O–H groups in total. The second-order valence-electron chi connectivity index (χ2n) is 4.48. The Morgan fingerprint density at radius 2 is 1.86 bits per heavy atom. The Morgan fingerprint density at radius 1 is 1.18 bits per heavy atom. The van der Waals surface area contributed by atoms with Crippen LogP contribution in [0.25, 0.3) is 0 Å². The molecular weight excluding hydrogens is 319 g/mol. The molecule has 0 unspecified atom stereocenters. The molecule has 0 aliphatic heterocycles. The van der Waals surface area contributed by atoms with Gasteiger partial charge in [0.05, 0.1) is 45.1 Å². The standard InChI is InChI=1S/C14H20F3NO3S/c1-11-12(10-19)18-4-2-13(11)22-9-8-21-7-6-20-5-3-14(15,16)17/h2,4,19H,3,5-10H2,1H3. The first kappa shape index (κ1) is 19.2. The zero-order valence-electron chi connectivity index (χ0n) is 12.4. The van der Waals surface area contributed by atoms with Gasteiger partial charge in [0.1, 0.15) is 0 Å². The number of pyridine rings is 1. The second kappa shape index (κ2) is 10.0. The molecule has 0 radical (unpaired) electrons. The summed E-state index contributed by atoms with van der Waals surface area (Å²) in [5, 5.41) is 9.12. The molecular formula is C14H20F3NO3S. The van der Waals surface area contributed by atoms with Gasteiger partial charge in [-0.15, -0.1) is 11.8 Å². The molecule has 0 atom stereocenters. The van der Waals surface area contributed by atoms with Crippen LogP contribution in [-0.4, -0.2) is 48.4 Å². The summed E-state index contributed by atoms with van der Waals surface area (Å²) in [7, 11) is 0. The first-order chi connectivity index (χ1) is 10.4. The molecule has 0 bridgehead atoms. The quantitative estimate of drug-likeness (QED) is 0.525. The Bertz CT molecular complexity index is 444. The first-order valence-corrected chi connectivity index (χ1v) is 7.83. The minimum absolute atomic E-state index is 0.0913. The molecule has 1 aromatic heterocycles. The van der Waals surface area contributed by atoms with E-state index in [0.717, 1.165) is 10.5 Å². The van der Waals surface area contributed by atoms with Gasteiger partial charge in [0, 0.05) is 16.8 Å². The van der Waals surface area contributed by atoms with Gasteiger partial charge in [0.2, 0.25) is 0 Å². The third kappa shape index (κ3) is 7.98. The molecule has 22 heavy (non-hydrogen) atoms. The number of hydrogen-bond acceptors (Lipinski definition) is 5. The van der Waals surface area contributed by atoms with Crippen LogP contribution in [0.1, 0.15) is 17.7 Å². The van der Waals surface area contributed by atoms with Crippen molar-refractivity contribution in [1.82, 2.24) is 4.98 Å². The minimum atomic E-state index is -4.17. The van der Waals surface area contributed by atoms with Crippen molar-refractivity contribution in [2.45, 2.75) is 31.0 Å². The number of ether oxygens (including phenoxy) is 2. The maximum atomic E-state index is 11.8. The summed E-state index contributed by atoms with van der Waals surface area (Å²) in [5.74, 6) is 0.707. The molecule has 0 aromatic carbocycles. The summed E-state index contributed by atoms with van der Waals surface area (Å²) in [6, 6.07) is 1.87. The van der Waals surface area contributed by atoms with Crippen LogP contribution in [0.3, 0.4) is 0 Å². The molecule has 0 amide bonds. The van der Waals surface area contributed by atoms with Crippen molar-refractivity contribution < 1.29 is 27.8 Å². The highest BCUT2D eigenvalue weighted by Crippen LogP contribution is 2.23. The summed E-state index contributed by atoms with van der Waals surface area (Å²) >= 11 is 1.58. The maximum Gasteiger partial charge on any atom is 0.391 e. The lowest BCUT2D eigenvalue weighted by Gasteiger charge is -2.09. The molecule has 0 aliphatic carbocycles. The number of aromatic nitrogens is 1. The van der Waals surface area contributed by atoms with Crippen molar-refractivity contribution in [3.05, 3.63) is 23.5 Å². The number of thioether (sulfide) groups is 1. The largest absolute Gasteiger partial charge is 0.391 e. The fraction of sp³-hybridized carbons (Fsp3) is 0.643. The highest BCUT2D eigenvalue weighted by atomic mass is 32.2. The summed E-state index contributed by atoms with van der Waals surface area (Å²) in [4.78, 5) is 5.10. The maximum absolute atomic E-state index is 11.8. The van der Waals surface area contributed by atoms with Crippen molar-refractivity contribution in [1.29, 1.82) is 0 Å². The third-order valence-electron chi connectivity index (χ3n) is 2.80. The van der Waals surface area contributed by atoms with Gasteiger partial charge in [-0.25, -0.2) is 0 Å². The Kier molecular flexibility index (Phi) is 8.77. The van der Waals surface area contributed by atoms with Crippen LogP contribution in [0.15, 0.2) is 17.2 Å². The van der Waals surface area contributed by atoms with Crippen molar-refractivity contribution >= 4 is 11.8 Å². The molecule has 4 nitrogen and oxygen atoms in total. The molecule has 126 valence electrons. The third-order valence-corrected chi connectivity index (χ3v) is 3.92. The van der Waals surface area contributed by atoms with Gasteiger partial charge in [-0.1, -0.05) is 0 Å². The Labute approximate surface area is 132 Å². The van der Waals surface area contributed by atoms with E-state index in [0.29, 0.717) is 18.1 Å². The molecule has 1 aromatic rings. The summed E-state index contributed by atoms with van der Waals surface area (Å²) in [5.41, 5.74) is 1.61. The molecule has 0 saturated heterocycles. The van der Waals surface area contributed by atoms with Crippen molar-refractivity contribution in [2.24, 2.45) is 0 Å². The van der Waals surface area contributed by atoms with Gasteiger partial charge in [0.25, 0.3) is 0 Å². The van der Waals surface area contributed by atoms with E-state index in [1.807, 2.05) is 13.0 Å². The molecule has 1 heterocycles. The van der Waals surface area contributed by atoms with E-state index in [2.05, 4.69) is 4.98 Å². The van der Waals surface area contributed by atoms with Crippen LogP contribution in [-0.2, 0) is 16.1 Å². The van der Waals surface area contributed by atoms with Crippen LogP contribution >= 0.6 is 11.8 Å². The summed E-state index contributed by atoms with van der Waals surface area (Å²) < 4.78 is 45.7. The van der Waals surface area contributed by atoms with Crippen LogP contribution in [0.2, 0.25) is 0 Å². The average Bonchev–Trinajstić information content (AvgIpc) is 2.46. The smallest absolute Gasteiger partial charge is 0.390 e. The predicted octanol–water partition coefficient (Wildman–Crippen LogP) is 2.96. The number of alkyl halides is 3. The average molecular weight is 339 g/mol. The van der Waals surface area contributed by atoms with Gasteiger partial charge in [-0.2, -0.15) is 13.2 Å². The number of halogens is 3. The first-order valence-electron chi connectivity index (χ1n) is 6.84. The van der Waals surface area contributed by atoms with Crippen LogP contribution in [0.5, 0.6) is 0 Å². The van der Waals surface area contributed by atoms with E-state index in [4.69, 9.17) is 14.6 Å². The van der Waals surface area contributed by atoms with E-state index < -0.39 is 12.6 Å². The lowest BCUT2D eigenvalue weighted by atomic mass is 10.2. The normalized spacial score (nSPS) is 11.9. The number of aliphatic hydroxyl groups is 1. The van der Waals surface area contributed by atoms with Crippen molar-refractivity contribution in [3.8, 4) is 0 Å². The van der Waals surface area contributed by atoms with E-state index >= 15 is 0 Å². The Balaban J connectivity index is 2.07. The van der Waals surface area contributed by atoms with Crippen molar-refractivity contribution in [2.75, 3.05) is 32.2 Å². The molecule has 0 spiro atoms. The van der Waals surface area contributed by atoms with Gasteiger partial charge < -0.3 is 14.6 Å². The topological polar surface area (TPSA) is 51.6 Å². The molecule has 0 aliphatic rings. The fourth-order valence-electron chi connectivity index (χ4n) is 1.60. The van der Waals surface area contributed by atoms with Crippen molar-refractivity contribution in [3.63, 3.8) is 0 Å². The molecule has 0 fully saturated rings. The van der Waals surface area contributed by atoms with Crippen LogP contribution < -0.4 is 0 Å². The lowest BCUT2D eigenvalue weighted by Crippen LogP contribution is -2.14. The van der Waals surface area contributed by atoms with E-state index in [-0.39, 0.29) is 26.4 Å². The predicted molar refractivity (Wildman–Crippen MR) is 77.9 cm³/mol.